The topological polar surface area (TPSA) is 17.1 Å². The Kier molecular flexibility index (Phi) is 5.24. The van der Waals surface area contributed by atoms with Crippen molar-refractivity contribution >= 4 is 16.6 Å². The number of hydrogen-bond acceptors (Lipinski definition) is 1. The van der Waals surface area contributed by atoms with Crippen LogP contribution in [0, 0.1) is 0 Å². The summed E-state index contributed by atoms with van der Waals surface area (Å²) >= 11 is 0. The molecule has 0 aliphatic heterocycles. The lowest BCUT2D eigenvalue weighted by Crippen LogP contribution is -2.60. The molecule has 0 saturated heterocycles. The van der Waals surface area contributed by atoms with Crippen LogP contribution in [0.2, 0.25) is 0 Å². The molecule has 0 N–H and O–H groups in total. The first-order chi connectivity index (χ1) is 12.2. The quantitative estimate of drug-likeness (QED) is 0.411. The first-order valence-electron chi connectivity index (χ1n) is 7.43. The summed E-state index contributed by atoms with van der Waals surface area (Å²) in [4.78, 5) is 11.9. The number of carbonyl (C=O) groups is 1. The van der Waals surface area contributed by atoms with Crippen LogP contribution in [0.15, 0.2) is 42.5 Å². The number of ketones is 1. The number of hydrogen-bond donors (Lipinski definition) is 0. The van der Waals surface area contributed by atoms with E-state index in [2.05, 4.69) is 0 Å². The average Bonchev–Trinajstić information content (AvgIpc) is 2.58. The Balaban J connectivity index is 2.18. The van der Waals surface area contributed by atoms with Gasteiger partial charge in [0.25, 0.3) is 0 Å². The Labute approximate surface area is 146 Å². The molecule has 0 bridgehead atoms. The van der Waals surface area contributed by atoms with Crippen LogP contribution in [0.5, 0.6) is 0 Å². The number of Topliss-reactive ketones (excluding diaryl/α,β-unsaturated/α-hetero) is 1. The van der Waals surface area contributed by atoms with E-state index in [9.17, 15) is 44.3 Å². The zero-order valence-electron chi connectivity index (χ0n) is 13.3. The highest BCUT2D eigenvalue weighted by Crippen LogP contribution is 2.54. The Hall–Kier alpha value is -2.26. The minimum atomic E-state index is -6.95. The van der Waals surface area contributed by atoms with Crippen molar-refractivity contribution in [2.24, 2.45) is 0 Å². The molecule has 148 valence electrons. The first-order valence-corrected chi connectivity index (χ1v) is 7.43. The van der Waals surface area contributed by atoms with Crippen LogP contribution in [0.25, 0.3) is 10.8 Å². The maximum absolute atomic E-state index is 13.5. The third kappa shape index (κ3) is 3.74. The van der Waals surface area contributed by atoms with Gasteiger partial charge < -0.3 is 0 Å². The Morgan fingerprint density at radius 2 is 1.30 bits per heavy atom. The van der Waals surface area contributed by atoms with E-state index in [1.54, 1.807) is 24.3 Å². The number of fused-ring (bicyclic) bond motifs is 1. The lowest BCUT2D eigenvalue weighted by atomic mass is 9.96. The summed E-state index contributed by atoms with van der Waals surface area (Å²) in [7, 11) is 0. The largest absolute Gasteiger partial charge is 0.460 e. The molecule has 0 saturated carbocycles. The molecular weight excluding hydrogens is 391 g/mol. The van der Waals surface area contributed by atoms with Crippen LogP contribution in [0.4, 0.5) is 39.5 Å². The normalized spacial score (nSPS) is 13.8. The van der Waals surface area contributed by atoms with Crippen molar-refractivity contribution in [3.63, 3.8) is 0 Å². The van der Waals surface area contributed by atoms with E-state index in [0.717, 1.165) is 0 Å². The first kappa shape index (κ1) is 21.0. The van der Waals surface area contributed by atoms with E-state index in [1.807, 2.05) is 0 Å². The van der Waals surface area contributed by atoms with Crippen LogP contribution in [0.3, 0.4) is 0 Å². The van der Waals surface area contributed by atoms with E-state index in [0.29, 0.717) is 10.8 Å². The molecule has 27 heavy (non-hydrogen) atoms. The molecule has 1 nitrogen and oxygen atoms in total. The average molecular weight is 402 g/mol. The number of carbonyl (C=O) groups excluding carboxylic acids is 1. The van der Waals surface area contributed by atoms with Crippen LogP contribution in [-0.2, 0) is 0 Å². The summed E-state index contributed by atoms with van der Waals surface area (Å²) in [6, 6.07) is 10.5. The summed E-state index contributed by atoms with van der Waals surface area (Å²) in [6.07, 6.45) is -10.4. The molecular formula is C17H11F9O. The number of alkyl halides is 9. The maximum Gasteiger partial charge on any atom is 0.460 e. The molecule has 0 amide bonds. The minimum Gasteiger partial charge on any atom is -0.294 e. The van der Waals surface area contributed by atoms with Crippen LogP contribution in [0.1, 0.15) is 23.2 Å². The van der Waals surface area contributed by atoms with Gasteiger partial charge in [-0.25, -0.2) is 0 Å². The van der Waals surface area contributed by atoms with Crippen molar-refractivity contribution in [3.05, 3.63) is 48.0 Å². The highest BCUT2D eigenvalue weighted by atomic mass is 19.4. The van der Waals surface area contributed by atoms with E-state index >= 15 is 0 Å². The summed E-state index contributed by atoms with van der Waals surface area (Å²) in [5.41, 5.74) is -0.157. The molecule has 10 heteroatoms. The van der Waals surface area contributed by atoms with Gasteiger partial charge in [-0.1, -0.05) is 36.4 Å². The third-order valence-electron chi connectivity index (χ3n) is 3.95. The van der Waals surface area contributed by atoms with Crippen molar-refractivity contribution in [1.29, 1.82) is 0 Å². The van der Waals surface area contributed by atoms with Gasteiger partial charge in [0.1, 0.15) is 0 Å². The second-order valence-corrected chi connectivity index (χ2v) is 5.84. The summed E-state index contributed by atoms with van der Waals surface area (Å²) < 4.78 is 115. The summed E-state index contributed by atoms with van der Waals surface area (Å²) in [5, 5.41) is 1.22. The predicted molar refractivity (Wildman–Crippen MR) is 78.4 cm³/mol. The van der Waals surface area contributed by atoms with Gasteiger partial charge >= 0.3 is 23.9 Å². The van der Waals surface area contributed by atoms with E-state index in [1.165, 1.54) is 18.2 Å². The van der Waals surface area contributed by atoms with Gasteiger partial charge in [0.15, 0.2) is 5.78 Å². The molecule has 0 heterocycles. The molecule has 2 aromatic rings. The molecule has 0 atom stereocenters. The fraction of sp³-hybridized carbons (Fsp3) is 0.353. The zero-order chi connectivity index (χ0) is 20.7. The molecule has 0 fully saturated rings. The second kappa shape index (κ2) is 6.72. The highest BCUT2D eigenvalue weighted by molar-refractivity contribution is 5.99. The third-order valence-corrected chi connectivity index (χ3v) is 3.95. The van der Waals surface area contributed by atoms with Crippen LogP contribution >= 0.6 is 0 Å². The molecule has 0 aliphatic rings. The van der Waals surface area contributed by atoms with E-state index in [4.69, 9.17) is 0 Å². The van der Waals surface area contributed by atoms with Crippen molar-refractivity contribution < 1.29 is 44.3 Å². The fourth-order valence-electron chi connectivity index (χ4n) is 2.34. The van der Waals surface area contributed by atoms with E-state index in [-0.39, 0.29) is 5.56 Å². The Morgan fingerprint density at radius 1 is 0.741 bits per heavy atom. The fourth-order valence-corrected chi connectivity index (χ4v) is 2.34. The standard InChI is InChI=1S/C17H11F9O/c18-14(19,15(20,21)16(22,23)17(24,25)26)8-7-13(27)12-6-5-10-3-1-2-4-11(10)9-12/h1-6,9H,7-8H2. The van der Waals surface area contributed by atoms with Crippen molar-refractivity contribution in [2.75, 3.05) is 0 Å². The van der Waals surface area contributed by atoms with Crippen molar-refractivity contribution in [2.45, 2.75) is 36.8 Å². The smallest absolute Gasteiger partial charge is 0.294 e. The molecule has 2 aromatic carbocycles. The van der Waals surface area contributed by atoms with Gasteiger partial charge in [0.2, 0.25) is 0 Å². The monoisotopic (exact) mass is 402 g/mol. The van der Waals surface area contributed by atoms with Crippen molar-refractivity contribution in [1.82, 2.24) is 0 Å². The van der Waals surface area contributed by atoms with Crippen molar-refractivity contribution in [3.8, 4) is 0 Å². The molecule has 0 aliphatic carbocycles. The Morgan fingerprint density at radius 3 is 1.85 bits per heavy atom. The van der Waals surface area contributed by atoms with Gasteiger partial charge in [-0.05, 0) is 16.8 Å². The maximum atomic E-state index is 13.5. The minimum absolute atomic E-state index is 0.157. The lowest BCUT2D eigenvalue weighted by Gasteiger charge is -2.33. The van der Waals surface area contributed by atoms with E-state index < -0.39 is 42.6 Å². The summed E-state index contributed by atoms with van der Waals surface area (Å²) in [6.45, 7) is 0. The molecule has 2 rings (SSSR count). The van der Waals surface area contributed by atoms with Gasteiger partial charge in [-0.3, -0.25) is 4.79 Å². The summed E-state index contributed by atoms with van der Waals surface area (Å²) in [5.74, 6) is -20.5. The number of rotatable bonds is 6. The zero-order valence-corrected chi connectivity index (χ0v) is 13.3. The van der Waals surface area contributed by atoms with Gasteiger partial charge in [0, 0.05) is 18.4 Å². The SMILES string of the molecule is O=C(CCC(F)(F)C(F)(F)C(F)(F)C(F)(F)F)c1ccc2ccccc2c1. The molecule has 0 aromatic heterocycles. The van der Waals surface area contributed by atoms with Gasteiger partial charge in [0.05, 0.1) is 0 Å². The number of halogens is 9. The van der Waals surface area contributed by atoms with Crippen LogP contribution in [-0.4, -0.2) is 29.7 Å². The second-order valence-electron chi connectivity index (χ2n) is 5.84. The lowest BCUT2D eigenvalue weighted by molar-refractivity contribution is -0.396. The van der Waals surface area contributed by atoms with Gasteiger partial charge in [-0.2, -0.15) is 39.5 Å². The number of benzene rings is 2. The highest BCUT2D eigenvalue weighted by Gasteiger charge is 2.81. The van der Waals surface area contributed by atoms with Crippen LogP contribution < -0.4 is 0 Å². The van der Waals surface area contributed by atoms with Gasteiger partial charge in [-0.15, -0.1) is 0 Å². The molecule has 0 spiro atoms. The Bertz CT molecular complexity index is 840. The predicted octanol–water partition coefficient (Wildman–Crippen LogP) is 6.27. The molecule has 0 radical (unpaired) electrons. The molecule has 0 unspecified atom stereocenters.